The third kappa shape index (κ3) is 3.48. The second kappa shape index (κ2) is 6.22. The molecule has 2 aromatic carbocycles. The molecule has 0 spiro atoms. The molecule has 0 aliphatic rings. The number of para-hydroxylation sites is 1. The largest absolute Gasteiger partial charge is 0.508 e. The van der Waals surface area contributed by atoms with Crippen LogP contribution in [0.25, 0.3) is 10.9 Å². The molecule has 1 aromatic heterocycles. The Balaban J connectivity index is 1.53. The third-order valence-electron chi connectivity index (χ3n) is 3.24. The van der Waals surface area contributed by atoms with Crippen molar-refractivity contribution in [3.8, 4) is 11.8 Å². The summed E-state index contributed by atoms with van der Waals surface area (Å²) >= 11 is 0. The fraction of sp³-hybridized carbons (Fsp3) is 0.176. The molecule has 0 fully saturated rings. The molecule has 106 valence electrons. The maximum atomic E-state index is 9.22. The van der Waals surface area contributed by atoms with Gasteiger partial charge in [-0.15, -0.1) is 0 Å². The first-order valence-electron chi connectivity index (χ1n) is 6.94. The molecule has 3 aromatic rings. The van der Waals surface area contributed by atoms with Gasteiger partial charge in [0.05, 0.1) is 12.1 Å². The Bertz CT molecular complexity index is 726. The van der Waals surface area contributed by atoms with Crippen molar-refractivity contribution in [1.82, 2.24) is 9.97 Å². The normalized spacial score (nSPS) is 10.7. The summed E-state index contributed by atoms with van der Waals surface area (Å²) in [5.41, 5.74) is 2.07. The minimum absolute atomic E-state index is 0.291. The minimum atomic E-state index is 0.291. The van der Waals surface area contributed by atoms with Crippen molar-refractivity contribution in [1.29, 1.82) is 0 Å². The van der Waals surface area contributed by atoms with Gasteiger partial charge in [0, 0.05) is 11.6 Å². The first kappa shape index (κ1) is 13.4. The third-order valence-corrected chi connectivity index (χ3v) is 3.24. The predicted octanol–water partition coefficient (Wildman–Crippen LogP) is 3.35. The molecule has 0 radical (unpaired) electrons. The van der Waals surface area contributed by atoms with Crippen LogP contribution >= 0.6 is 0 Å². The van der Waals surface area contributed by atoms with Gasteiger partial charge in [0.15, 0.2) is 0 Å². The zero-order valence-electron chi connectivity index (χ0n) is 11.6. The van der Waals surface area contributed by atoms with Gasteiger partial charge in [-0.25, -0.2) is 4.98 Å². The number of aromatic hydroxyl groups is 1. The van der Waals surface area contributed by atoms with Crippen LogP contribution in [0, 0.1) is 0 Å². The van der Waals surface area contributed by atoms with Gasteiger partial charge in [-0.3, -0.25) is 0 Å². The van der Waals surface area contributed by atoms with Gasteiger partial charge < -0.3 is 9.84 Å². The van der Waals surface area contributed by atoms with E-state index in [0.29, 0.717) is 18.4 Å². The molecule has 3 rings (SSSR count). The number of nitrogens with zero attached hydrogens (tertiary/aromatic N) is 2. The van der Waals surface area contributed by atoms with E-state index in [-0.39, 0.29) is 0 Å². The zero-order valence-corrected chi connectivity index (χ0v) is 11.6. The second-order valence-electron chi connectivity index (χ2n) is 4.83. The number of phenols is 1. The average Bonchev–Trinajstić information content (AvgIpc) is 2.53. The van der Waals surface area contributed by atoms with Gasteiger partial charge in [0.1, 0.15) is 5.75 Å². The van der Waals surface area contributed by atoms with Crippen LogP contribution in [-0.2, 0) is 6.42 Å². The Morgan fingerprint density at radius 1 is 1.00 bits per heavy atom. The van der Waals surface area contributed by atoms with Crippen LogP contribution in [0.5, 0.6) is 11.8 Å². The highest BCUT2D eigenvalue weighted by Gasteiger charge is 2.01. The summed E-state index contributed by atoms with van der Waals surface area (Å²) in [7, 11) is 0. The number of aromatic nitrogens is 2. The molecule has 0 bridgehead atoms. The van der Waals surface area contributed by atoms with E-state index in [1.165, 1.54) is 5.56 Å². The van der Waals surface area contributed by atoms with Crippen LogP contribution < -0.4 is 4.74 Å². The van der Waals surface area contributed by atoms with Crippen molar-refractivity contribution in [3.05, 3.63) is 60.3 Å². The van der Waals surface area contributed by atoms with Gasteiger partial charge in [-0.05, 0) is 36.6 Å². The number of fused-ring (bicyclic) bond motifs is 1. The zero-order chi connectivity index (χ0) is 14.5. The van der Waals surface area contributed by atoms with Crippen molar-refractivity contribution >= 4 is 10.9 Å². The van der Waals surface area contributed by atoms with E-state index >= 15 is 0 Å². The van der Waals surface area contributed by atoms with Crippen LogP contribution in [0.2, 0.25) is 0 Å². The molecule has 1 N–H and O–H groups in total. The molecule has 0 saturated carbocycles. The predicted molar refractivity (Wildman–Crippen MR) is 81.5 cm³/mol. The Kier molecular flexibility index (Phi) is 3.96. The Hall–Kier alpha value is -2.62. The van der Waals surface area contributed by atoms with Crippen LogP contribution in [0.1, 0.15) is 12.0 Å². The minimum Gasteiger partial charge on any atom is -0.508 e. The summed E-state index contributed by atoms with van der Waals surface area (Å²) in [5.74, 6) is 0.291. The molecule has 0 unspecified atom stereocenters. The lowest BCUT2D eigenvalue weighted by atomic mass is 10.1. The van der Waals surface area contributed by atoms with Crippen molar-refractivity contribution in [2.45, 2.75) is 12.8 Å². The molecule has 4 nitrogen and oxygen atoms in total. The number of aryl methyl sites for hydroxylation is 1. The molecule has 0 atom stereocenters. The van der Waals surface area contributed by atoms with Crippen molar-refractivity contribution in [3.63, 3.8) is 0 Å². The fourth-order valence-corrected chi connectivity index (χ4v) is 2.13. The lowest BCUT2D eigenvalue weighted by molar-refractivity contribution is 0.288. The number of hydrogen-bond acceptors (Lipinski definition) is 4. The number of benzene rings is 2. The van der Waals surface area contributed by atoms with E-state index in [9.17, 15) is 5.11 Å². The van der Waals surface area contributed by atoms with Gasteiger partial charge in [-0.1, -0.05) is 30.3 Å². The van der Waals surface area contributed by atoms with Crippen LogP contribution in [0.4, 0.5) is 0 Å². The number of ether oxygens (including phenoxy) is 1. The molecule has 0 amide bonds. The first-order valence-corrected chi connectivity index (χ1v) is 6.94. The number of rotatable bonds is 5. The number of phenolic OH excluding ortho intramolecular Hbond substituents is 1. The first-order chi connectivity index (χ1) is 10.3. The smallest absolute Gasteiger partial charge is 0.316 e. The monoisotopic (exact) mass is 280 g/mol. The molecule has 0 saturated heterocycles. The average molecular weight is 280 g/mol. The maximum Gasteiger partial charge on any atom is 0.316 e. The topological polar surface area (TPSA) is 55.2 Å². The van der Waals surface area contributed by atoms with E-state index in [2.05, 4.69) is 9.97 Å². The van der Waals surface area contributed by atoms with Gasteiger partial charge in [0.2, 0.25) is 0 Å². The quantitative estimate of drug-likeness (QED) is 0.728. The lowest BCUT2D eigenvalue weighted by Crippen LogP contribution is -2.02. The maximum absolute atomic E-state index is 9.22. The van der Waals surface area contributed by atoms with Crippen LogP contribution in [-0.4, -0.2) is 21.7 Å². The molecule has 1 heterocycles. The fourth-order valence-electron chi connectivity index (χ4n) is 2.13. The van der Waals surface area contributed by atoms with Gasteiger partial charge in [-0.2, -0.15) is 4.98 Å². The summed E-state index contributed by atoms with van der Waals surface area (Å²) < 4.78 is 5.59. The molecule has 0 aliphatic carbocycles. The lowest BCUT2D eigenvalue weighted by Gasteiger charge is -2.05. The summed E-state index contributed by atoms with van der Waals surface area (Å²) in [6.07, 6.45) is 3.55. The SMILES string of the molecule is Oc1ccc(CCCOc2ncc3ccccc3n2)cc1. The molecule has 4 heteroatoms. The van der Waals surface area contributed by atoms with E-state index in [1.807, 2.05) is 36.4 Å². The highest BCUT2D eigenvalue weighted by atomic mass is 16.5. The van der Waals surface area contributed by atoms with Crippen molar-refractivity contribution in [2.24, 2.45) is 0 Å². The highest BCUT2D eigenvalue weighted by molar-refractivity contribution is 5.77. The van der Waals surface area contributed by atoms with Crippen LogP contribution in [0.15, 0.2) is 54.7 Å². The summed E-state index contributed by atoms with van der Waals surface area (Å²) in [6.45, 7) is 0.569. The Labute approximate surface area is 123 Å². The molecule has 21 heavy (non-hydrogen) atoms. The Morgan fingerprint density at radius 3 is 2.67 bits per heavy atom. The highest BCUT2D eigenvalue weighted by Crippen LogP contribution is 2.14. The second-order valence-corrected chi connectivity index (χ2v) is 4.83. The Morgan fingerprint density at radius 2 is 1.81 bits per heavy atom. The standard InChI is InChI=1S/C17H16N2O2/c20-15-9-7-13(8-10-15)4-3-11-21-17-18-12-14-5-1-2-6-16(14)19-17/h1-2,5-10,12,20H,3-4,11H2. The summed E-state index contributed by atoms with van der Waals surface area (Å²) in [5, 5.41) is 10.2. The van der Waals surface area contributed by atoms with Crippen molar-refractivity contribution in [2.75, 3.05) is 6.61 Å². The van der Waals surface area contributed by atoms with Crippen molar-refractivity contribution < 1.29 is 9.84 Å². The van der Waals surface area contributed by atoms with Gasteiger partial charge in [0.25, 0.3) is 0 Å². The molecular weight excluding hydrogens is 264 g/mol. The van der Waals surface area contributed by atoms with Gasteiger partial charge >= 0.3 is 6.01 Å². The van der Waals surface area contributed by atoms with Crippen LogP contribution in [0.3, 0.4) is 0 Å². The van der Waals surface area contributed by atoms with E-state index in [4.69, 9.17) is 4.74 Å². The van der Waals surface area contributed by atoms with E-state index in [0.717, 1.165) is 23.7 Å². The van der Waals surface area contributed by atoms with E-state index in [1.54, 1.807) is 18.3 Å². The number of hydrogen-bond donors (Lipinski definition) is 1. The summed E-state index contributed by atoms with van der Waals surface area (Å²) in [4.78, 5) is 8.56. The summed E-state index contributed by atoms with van der Waals surface area (Å²) in [6, 6.07) is 15.5. The molecular formula is C17H16N2O2. The van der Waals surface area contributed by atoms with E-state index < -0.39 is 0 Å². The molecule has 0 aliphatic heterocycles.